The molecule has 2 amide bonds. The van der Waals surface area contributed by atoms with E-state index in [0.717, 1.165) is 49.9 Å². The molecule has 0 aromatic heterocycles. The molecule has 0 unspecified atom stereocenters. The number of esters is 4. The number of benzene rings is 2. The number of amides is 2. The molecule has 7 atom stereocenters. The Hall–Kier alpha value is -5.75. The molecule has 0 bridgehead atoms. The summed E-state index contributed by atoms with van der Waals surface area (Å²) in [6.07, 6.45) is -11.1. The lowest BCUT2D eigenvalue weighted by molar-refractivity contribution is -0.316. The van der Waals surface area contributed by atoms with Crippen molar-refractivity contribution in [2.45, 2.75) is 116 Å². The summed E-state index contributed by atoms with van der Waals surface area (Å²) in [5.41, 5.74) is 3.06. The molecule has 3 N–H and O–H groups in total. The molecule has 2 aromatic rings. The molecule has 1 saturated heterocycles. The van der Waals surface area contributed by atoms with E-state index in [0.29, 0.717) is 0 Å². The summed E-state index contributed by atoms with van der Waals surface area (Å²) in [5, 5.41) is 15.1. The zero-order chi connectivity index (χ0) is 42.7. The van der Waals surface area contributed by atoms with E-state index in [9.17, 15) is 38.7 Å². The number of carboxylic acids is 1. The number of fused-ring (bicyclic) bond motifs is 3. The van der Waals surface area contributed by atoms with Gasteiger partial charge in [0, 0.05) is 40.2 Å². The molecule has 0 saturated carbocycles. The van der Waals surface area contributed by atoms with Crippen molar-refractivity contribution >= 4 is 42.0 Å². The Kier molecular flexibility index (Phi) is 15.6. The van der Waals surface area contributed by atoms with E-state index in [1.54, 1.807) is 20.8 Å². The Bertz CT molecular complexity index is 1780. The molecule has 1 aliphatic carbocycles. The van der Waals surface area contributed by atoms with Crippen LogP contribution in [0, 0.1) is 0 Å². The van der Waals surface area contributed by atoms with E-state index in [4.69, 9.17) is 37.9 Å². The highest BCUT2D eigenvalue weighted by atomic mass is 16.7. The van der Waals surface area contributed by atoms with Crippen LogP contribution in [0.2, 0.25) is 0 Å². The molecule has 58 heavy (non-hydrogen) atoms. The number of carbonyl (C=O) groups excluding carboxylic acids is 6. The van der Waals surface area contributed by atoms with E-state index in [1.807, 2.05) is 48.5 Å². The molecular formula is C40H50N2O16. The van der Waals surface area contributed by atoms with E-state index >= 15 is 0 Å². The average molecular weight is 815 g/mol. The second-order valence-electron chi connectivity index (χ2n) is 14.6. The first-order valence-corrected chi connectivity index (χ1v) is 18.6. The van der Waals surface area contributed by atoms with Crippen molar-refractivity contribution in [3.05, 3.63) is 59.7 Å². The number of rotatable bonds is 16. The molecule has 316 valence electrons. The summed E-state index contributed by atoms with van der Waals surface area (Å²) in [5.74, 6) is -4.97. The number of alkyl carbamates (subject to hydrolysis) is 2. The number of carbonyl (C=O) groups is 7. The highest BCUT2D eigenvalue weighted by Gasteiger charge is 2.53. The van der Waals surface area contributed by atoms with Gasteiger partial charge >= 0.3 is 42.0 Å². The predicted molar refractivity (Wildman–Crippen MR) is 200 cm³/mol. The van der Waals surface area contributed by atoms with Crippen LogP contribution in [0.5, 0.6) is 0 Å². The normalized spacial score (nSPS) is 20.8. The third kappa shape index (κ3) is 12.9. The number of ether oxygens (including phenoxy) is 8. The molecule has 1 heterocycles. The van der Waals surface area contributed by atoms with Crippen molar-refractivity contribution in [1.82, 2.24) is 10.6 Å². The minimum Gasteiger partial charge on any atom is -0.480 e. The fraction of sp³-hybridized carbons (Fsp3) is 0.525. The van der Waals surface area contributed by atoms with Crippen molar-refractivity contribution in [2.24, 2.45) is 0 Å². The van der Waals surface area contributed by atoms with Crippen molar-refractivity contribution < 1.29 is 76.6 Å². The predicted octanol–water partition coefficient (Wildman–Crippen LogP) is 3.75. The van der Waals surface area contributed by atoms with Crippen molar-refractivity contribution in [2.75, 3.05) is 19.8 Å². The van der Waals surface area contributed by atoms with Gasteiger partial charge in [-0.15, -0.1) is 0 Å². The van der Waals surface area contributed by atoms with Gasteiger partial charge in [0.25, 0.3) is 0 Å². The maximum atomic E-state index is 13.1. The molecule has 2 aromatic carbocycles. The van der Waals surface area contributed by atoms with E-state index < -0.39 is 97.1 Å². The highest BCUT2D eigenvalue weighted by molar-refractivity contribution is 5.81. The number of nitrogens with one attached hydrogen (secondary N) is 2. The molecule has 1 fully saturated rings. The Morgan fingerprint density at radius 3 is 1.79 bits per heavy atom. The summed E-state index contributed by atoms with van der Waals surface area (Å²) in [4.78, 5) is 86.8. The van der Waals surface area contributed by atoms with Gasteiger partial charge in [0.1, 0.15) is 31.0 Å². The second kappa shape index (κ2) is 20.1. The van der Waals surface area contributed by atoms with Crippen LogP contribution >= 0.6 is 0 Å². The lowest BCUT2D eigenvalue weighted by Crippen LogP contribution is -2.63. The molecule has 18 nitrogen and oxygen atoms in total. The van der Waals surface area contributed by atoms with Crippen LogP contribution < -0.4 is 10.6 Å². The summed E-state index contributed by atoms with van der Waals surface area (Å²) >= 11 is 0. The number of hydrogen-bond acceptors (Lipinski definition) is 15. The largest absolute Gasteiger partial charge is 0.480 e. The van der Waals surface area contributed by atoms with Gasteiger partial charge < -0.3 is 53.6 Å². The maximum absolute atomic E-state index is 13.1. The summed E-state index contributed by atoms with van der Waals surface area (Å²) < 4.78 is 44.6. The SMILES string of the molecule is CC(=O)OC[C@H]1O[C@@H](O[C@H](CC[C@H](NC(=O)OCC2c3ccccc3-c3ccccc32)C(=O)O)CNC(=O)OC(C)(C)C)[C@H](OC(C)=O)[C@@H](OC(C)=O)[C@H]1OC(C)=O. The lowest BCUT2D eigenvalue weighted by Gasteiger charge is -2.44. The van der Waals surface area contributed by atoms with E-state index in [2.05, 4.69) is 10.6 Å². The van der Waals surface area contributed by atoms with Gasteiger partial charge in [-0.1, -0.05) is 48.5 Å². The molecule has 0 spiro atoms. The Morgan fingerprint density at radius 1 is 0.707 bits per heavy atom. The fourth-order valence-corrected chi connectivity index (χ4v) is 6.61. The van der Waals surface area contributed by atoms with Crippen LogP contribution in [0.1, 0.15) is 78.4 Å². The van der Waals surface area contributed by atoms with Gasteiger partial charge in [-0.05, 0) is 55.9 Å². The third-order valence-electron chi connectivity index (χ3n) is 8.86. The highest BCUT2D eigenvalue weighted by Crippen LogP contribution is 2.44. The first-order chi connectivity index (χ1) is 27.3. The quantitative estimate of drug-likeness (QED) is 0.162. The summed E-state index contributed by atoms with van der Waals surface area (Å²) in [7, 11) is 0. The van der Waals surface area contributed by atoms with Gasteiger partial charge in [0.2, 0.25) is 0 Å². The third-order valence-corrected chi connectivity index (χ3v) is 8.86. The number of aliphatic carboxylic acids is 1. The van der Waals surface area contributed by atoms with Gasteiger partial charge in [-0.25, -0.2) is 14.4 Å². The summed E-state index contributed by atoms with van der Waals surface area (Å²) in [6, 6.07) is 13.9. The number of hydrogen-bond donors (Lipinski definition) is 3. The lowest BCUT2D eigenvalue weighted by atomic mass is 9.97. The van der Waals surface area contributed by atoms with Crippen LogP contribution in [0.15, 0.2) is 48.5 Å². The van der Waals surface area contributed by atoms with Crippen molar-refractivity contribution in [3.8, 4) is 11.1 Å². The van der Waals surface area contributed by atoms with Gasteiger partial charge in [0.15, 0.2) is 24.6 Å². The van der Waals surface area contributed by atoms with Crippen LogP contribution in [0.4, 0.5) is 9.59 Å². The molecule has 4 rings (SSSR count). The monoisotopic (exact) mass is 814 g/mol. The zero-order valence-electron chi connectivity index (χ0n) is 33.3. The molecular weight excluding hydrogens is 764 g/mol. The van der Waals surface area contributed by atoms with Crippen molar-refractivity contribution in [1.29, 1.82) is 0 Å². The van der Waals surface area contributed by atoms with Crippen molar-refractivity contribution in [3.63, 3.8) is 0 Å². The smallest absolute Gasteiger partial charge is 0.407 e. The van der Waals surface area contributed by atoms with Gasteiger partial charge in [-0.2, -0.15) is 0 Å². The minimum absolute atomic E-state index is 0.0688. The van der Waals surface area contributed by atoms with E-state index in [-0.39, 0.29) is 31.9 Å². The standard InChI is InChI=1S/C40H50N2O16/c1-21(43)51-20-32-33(53-22(2)44)34(54-23(3)45)35(55-24(4)46)37(57-32)56-25(18-41-38(49)58-40(5,6)7)16-17-31(36(47)48)42-39(50)52-19-30-28-14-10-8-12-26(28)27-13-9-11-15-29(27)30/h8-15,25,30-35,37H,16-20H2,1-7H3,(H,41,49)(H,42,50)(H,47,48)/t25-,31+,32-,33+,34+,35-,37-/m1/s1. The first kappa shape index (κ1) is 45.0. The topological polar surface area (TPSA) is 238 Å². The first-order valence-electron chi connectivity index (χ1n) is 18.6. The molecule has 2 aliphatic rings. The van der Waals surface area contributed by atoms with Crippen LogP contribution in [-0.2, 0) is 61.9 Å². The minimum atomic E-state index is -1.65. The number of carboxylic acid groups (broad SMARTS) is 1. The zero-order valence-corrected chi connectivity index (χ0v) is 33.3. The Morgan fingerprint density at radius 2 is 1.26 bits per heavy atom. The Balaban J connectivity index is 1.55. The summed E-state index contributed by atoms with van der Waals surface area (Å²) in [6.45, 7) is 8.32. The maximum Gasteiger partial charge on any atom is 0.407 e. The van der Waals surface area contributed by atoms with Crippen LogP contribution in [-0.4, -0.2) is 115 Å². The average Bonchev–Trinajstić information content (AvgIpc) is 3.44. The molecule has 1 aliphatic heterocycles. The molecule has 18 heteroatoms. The molecule has 0 radical (unpaired) electrons. The fourth-order valence-electron chi connectivity index (χ4n) is 6.61. The van der Waals surface area contributed by atoms with Gasteiger partial charge in [-0.3, -0.25) is 19.2 Å². The van der Waals surface area contributed by atoms with Gasteiger partial charge in [0.05, 0.1) is 6.10 Å². The second-order valence-corrected chi connectivity index (χ2v) is 14.6. The Labute approximate surface area is 335 Å². The van der Waals surface area contributed by atoms with Crippen LogP contribution in [0.3, 0.4) is 0 Å². The van der Waals surface area contributed by atoms with Crippen LogP contribution in [0.25, 0.3) is 11.1 Å². The van der Waals surface area contributed by atoms with E-state index in [1.165, 1.54) is 0 Å².